The largest absolute Gasteiger partial charge is 0.456 e. The summed E-state index contributed by atoms with van der Waals surface area (Å²) < 4.78 is 42.5. The van der Waals surface area contributed by atoms with Crippen molar-refractivity contribution in [3.63, 3.8) is 0 Å². The van der Waals surface area contributed by atoms with E-state index >= 15 is 0 Å². The second-order valence-corrected chi connectivity index (χ2v) is 4.36. The number of carbonyl (C=O) groups excluding carboxylic acids is 1. The summed E-state index contributed by atoms with van der Waals surface area (Å²) in [6, 6.07) is 8.92. The molecule has 1 heterocycles. The molecule has 21 heavy (non-hydrogen) atoms. The first-order chi connectivity index (χ1) is 9.87. The number of nitrogens with zero attached hydrogens (tertiary/aromatic N) is 3. The van der Waals surface area contributed by atoms with Crippen molar-refractivity contribution in [1.82, 2.24) is 15.0 Å². The minimum atomic E-state index is -4.43. The van der Waals surface area contributed by atoms with Crippen LogP contribution in [0.4, 0.5) is 13.2 Å². The van der Waals surface area contributed by atoms with E-state index < -0.39 is 18.7 Å². The molecule has 0 amide bonds. The van der Waals surface area contributed by atoms with Crippen LogP contribution in [0.2, 0.25) is 0 Å². The van der Waals surface area contributed by atoms with E-state index in [0.29, 0.717) is 4.68 Å². The highest BCUT2D eigenvalue weighted by Crippen LogP contribution is 2.18. The van der Waals surface area contributed by atoms with E-state index in [2.05, 4.69) is 10.3 Å². The number of alkyl halides is 3. The summed E-state index contributed by atoms with van der Waals surface area (Å²) in [5.41, 5.74) is 0.576. The molecule has 112 valence electrons. The fraction of sp³-hybridized carbons (Fsp3) is 0.308. The zero-order valence-corrected chi connectivity index (χ0v) is 11.1. The van der Waals surface area contributed by atoms with Crippen LogP contribution in [0.25, 0.3) is 0 Å². The molecule has 0 aliphatic heterocycles. The van der Waals surface area contributed by atoms with E-state index in [9.17, 15) is 18.0 Å². The van der Waals surface area contributed by atoms with Crippen molar-refractivity contribution in [3.05, 3.63) is 47.3 Å². The summed E-state index contributed by atoms with van der Waals surface area (Å²) in [6.07, 6.45) is -4.43. The number of benzene rings is 1. The Balaban J connectivity index is 2.03. The first kappa shape index (κ1) is 15.0. The summed E-state index contributed by atoms with van der Waals surface area (Å²) >= 11 is 0. The van der Waals surface area contributed by atoms with Crippen LogP contribution in [-0.2, 0) is 17.9 Å². The molecular formula is C13H12F3N3O2. The third-order valence-corrected chi connectivity index (χ3v) is 2.72. The monoisotopic (exact) mass is 299 g/mol. The van der Waals surface area contributed by atoms with Crippen LogP contribution in [-0.4, -0.2) is 27.1 Å². The lowest BCUT2D eigenvalue weighted by atomic mass is 10.2. The average Bonchev–Trinajstić information content (AvgIpc) is 2.77. The minimum Gasteiger partial charge on any atom is -0.456 e. The molecule has 0 atom stereocenters. The number of rotatable bonds is 4. The van der Waals surface area contributed by atoms with Crippen molar-refractivity contribution in [1.29, 1.82) is 0 Å². The summed E-state index contributed by atoms with van der Waals surface area (Å²) in [5, 5.41) is 6.77. The number of ether oxygens (including phenoxy) is 1. The third kappa shape index (κ3) is 4.04. The number of esters is 1. The van der Waals surface area contributed by atoms with Gasteiger partial charge < -0.3 is 4.74 Å². The van der Waals surface area contributed by atoms with Gasteiger partial charge in [-0.2, -0.15) is 13.2 Å². The van der Waals surface area contributed by atoms with Crippen molar-refractivity contribution in [2.45, 2.75) is 26.3 Å². The zero-order valence-electron chi connectivity index (χ0n) is 11.1. The van der Waals surface area contributed by atoms with Crippen LogP contribution in [0.5, 0.6) is 0 Å². The van der Waals surface area contributed by atoms with Crippen LogP contribution in [0.3, 0.4) is 0 Å². The topological polar surface area (TPSA) is 57.0 Å². The Morgan fingerprint density at radius 3 is 2.57 bits per heavy atom. The Morgan fingerprint density at radius 1 is 1.29 bits per heavy atom. The SMILES string of the molecule is Cc1c(C(=O)OCc2ccccc2)nnn1CC(F)(F)F. The molecule has 1 aromatic heterocycles. The van der Waals surface area contributed by atoms with Gasteiger partial charge in [0.1, 0.15) is 13.2 Å². The van der Waals surface area contributed by atoms with Crippen LogP contribution in [0.1, 0.15) is 21.7 Å². The van der Waals surface area contributed by atoms with Crippen molar-refractivity contribution < 1.29 is 22.7 Å². The molecule has 0 N–H and O–H groups in total. The van der Waals surface area contributed by atoms with Gasteiger partial charge in [0.25, 0.3) is 0 Å². The van der Waals surface area contributed by atoms with Gasteiger partial charge in [0.05, 0.1) is 5.69 Å². The highest BCUT2D eigenvalue weighted by Gasteiger charge is 2.31. The van der Waals surface area contributed by atoms with E-state index in [1.165, 1.54) is 6.92 Å². The Hall–Kier alpha value is -2.38. The lowest BCUT2D eigenvalue weighted by molar-refractivity contribution is -0.143. The second kappa shape index (κ2) is 5.94. The van der Waals surface area contributed by atoms with Crippen molar-refractivity contribution in [2.24, 2.45) is 0 Å². The van der Waals surface area contributed by atoms with Gasteiger partial charge in [-0.1, -0.05) is 35.5 Å². The summed E-state index contributed by atoms with van der Waals surface area (Å²) in [4.78, 5) is 11.8. The lowest BCUT2D eigenvalue weighted by Crippen LogP contribution is -2.20. The molecule has 1 aromatic carbocycles. The van der Waals surface area contributed by atoms with Gasteiger partial charge in [0.15, 0.2) is 5.69 Å². The molecule has 0 aliphatic rings. The first-order valence-corrected chi connectivity index (χ1v) is 6.05. The number of halogens is 3. The highest BCUT2D eigenvalue weighted by molar-refractivity contribution is 5.88. The zero-order chi connectivity index (χ0) is 15.5. The first-order valence-electron chi connectivity index (χ1n) is 6.05. The minimum absolute atomic E-state index is 0.0189. The van der Waals surface area contributed by atoms with Gasteiger partial charge in [0.2, 0.25) is 0 Å². The number of hydrogen-bond acceptors (Lipinski definition) is 4. The highest BCUT2D eigenvalue weighted by atomic mass is 19.4. The number of carbonyl (C=O) groups is 1. The van der Waals surface area contributed by atoms with Crippen LogP contribution >= 0.6 is 0 Å². The normalized spacial score (nSPS) is 11.4. The Labute approximate surface area is 118 Å². The number of aromatic nitrogens is 3. The van der Waals surface area contributed by atoms with E-state index in [0.717, 1.165) is 5.56 Å². The van der Waals surface area contributed by atoms with Crippen molar-refractivity contribution in [2.75, 3.05) is 0 Å². The molecule has 0 bridgehead atoms. The maximum absolute atomic E-state index is 12.3. The molecule has 0 saturated heterocycles. The molecule has 0 spiro atoms. The van der Waals surface area contributed by atoms with Gasteiger partial charge in [-0.05, 0) is 12.5 Å². The lowest BCUT2D eigenvalue weighted by Gasteiger charge is -2.07. The maximum atomic E-state index is 12.3. The van der Waals surface area contributed by atoms with E-state index in [-0.39, 0.29) is 18.0 Å². The molecule has 0 unspecified atom stereocenters. The van der Waals surface area contributed by atoms with E-state index in [1.807, 2.05) is 6.07 Å². The third-order valence-electron chi connectivity index (χ3n) is 2.72. The molecule has 5 nitrogen and oxygen atoms in total. The molecule has 0 radical (unpaired) electrons. The molecule has 2 aromatic rings. The molecule has 0 saturated carbocycles. The van der Waals surface area contributed by atoms with Gasteiger partial charge in [-0.3, -0.25) is 0 Å². The predicted molar refractivity (Wildman–Crippen MR) is 66.4 cm³/mol. The quantitative estimate of drug-likeness (QED) is 0.814. The molecule has 2 rings (SSSR count). The summed E-state index contributed by atoms with van der Waals surface area (Å²) in [5.74, 6) is -0.801. The van der Waals surface area contributed by atoms with Gasteiger partial charge in [-0.15, -0.1) is 5.10 Å². The second-order valence-electron chi connectivity index (χ2n) is 4.36. The van der Waals surface area contributed by atoms with Crippen molar-refractivity contribution >= 4 is 5.97 Å². The summed E-state index contributed by atoms with van der Waals surface area (Å²) in [7, 11) is 0. The molecule has 0 aliphatic carbocycles. The maximum Gasteiger partial charge on any atom is 0.408 e. The summed E-state index contributed by atoms with van der Waals surface area (Å²) in [6.45, 7) is 0.0634. The fourth-order valence-electron chi connectivity index (χ4n) is 1.66. The molecule has 8 heteroatoms. The number of hydrogen-bond donors (Lipinski definition) is 0. The fourth-order valence-corrected chi connectivity index (χ4v) is 1.66. The van der Waals surface area contributed by atoms with Gasteiger partial charge in [0, 0.05) is 0 Å². The van der Waals surface area contributed by atoms with E-state index in [4.69, 9.17) is 4.74 Å². The Morgan fingerprint density at radius 2 is 1.95 bits per heavy atom. The molecule has 0 fully saturated rings. The van der Waals surface area contributed by atoms with E-state index in [1.54, 1.807) is 24.3 Å². The Kier molecular flexibility index (Phi) is 4.25. The molecular weight excluding hydrogens is 287 g/mol. The Bertz CT molecular complexity index is 623. The van der Waals surface area contributed by atoms with Crippen molar-refractivity contribution in [3.8, 4) is 0 Å². The van der Waals surface area contributed by atoms with Crippen LogP contribution in [0.15, 0.2) is 30.3 Å². The van der Waals surface area contributed by atoms with Crippen LogP contribution in [0, 0.1) is 6.92 Å². The van der Waals surface area contributed by atoms with Gasteiger partial charge in [-0.25, -0.2) is 9.48 Å². The standard InChI is InChI=1S/C13H12F3N3O2/c1-9-11(17-18-19(9)8-13(14,15)16)12(20)21-7-10-5-3-2-4-6-10/h2-6H,7-8H2,1H3. The predicted octanol–water partition coefficient (Wildman–Crippen LogP) is 2.51. The average molecular weight is 299 g/mol. The van der Waals surface area contributed by atoms with Gasteiger partial charge >= 0.3 is 12.1 Å². The smallest absolute Gasteiger partial charge is 0.408 e. The van der Waals surface area contributed by atoms with Crippen LogP contribution < -0.4 is 0 Å².